The first-order valence-electron chi connectivity index (χ1n) is 9.83. The topological polar surface area (TPSA) is 59.9 Å². The molecule has 0 bridgehead atoms. The van der Waals surface area contributed by atoms with Gasteiger partial charge in [0.2, 0.25) is 5.91 Å². The van der Waals surface area contributed by atoms with E-state index in [4.69, 9.17) is 9.47 Å². The van der Waals surface area contributed by atoms with Gasteiger partial charge in [0.25, 0.3) is 0 Å². The van der Waals surface area contributed by atoms with Gasteiger partial charge in [-0.15, -0.1) is 0 Å². The molecule has 148 valence electrons. The van der Waals surface area contributed by atoms with Gasteiger partial charge >= 0.3 is 0 Å². The lowest BCUT2D eigenvalue weighted by Crippen LogP contribution is -2.31. The largest absolute Gasteiger partial charge is 0.493 e. The molecule has 0 aliphatic heterocycles. The summed E-state index contributed by atoms with van der Waals surface area (Å²) in [5, 5.41) is 4.19. The molecular weight excluding hydrogens is 352 g/mol. The molecule has 1 aliphatic carbocycles. The summed E-state index contributed by atoms with van der Waals surface area (Å²) >= 11 is 0. The number of nitrogens with zero attached hydrogens (tertiary/aromatic N) is 1. The Hall–Kier alpha value is -2.82. The fraction of sp³-hybridized carbons (Fsp3) is 0.391. The molecule has 28 heavy (non-hydrogen) atoms. The minimum atomic E-state index is -0.163. The lowest BCUT2D eigenvalue weighted by molar-refractivity contribution is -0.124. The quantitative estimate of drug-likeness (QED) is 0.568. The molecule has 0 unspecified atom stereocenters. The zero-order valence-corrected chi connectivity index (χ0v) is 16.6. The Morgan fingerprint density at radius 2 is 1.75 bits per heavy atom. The Labute approximate surface area is 166 Å². The van der Waals surface area contributed by atoms with Crippen LogP contribution in [0.25, 0.3) is 0 Å². The highest BCUT2D eigenvalue weighted by molar-refractivity contribution is 5.86. The predicted octanol–water partition coefficient (Wildman–Crippen LogP) is 4.52. The zero-order valence-electron chi connectivity index (χ0n) is 16.6. The van der Waals surface area contributed by atoms with Crippen molar-refractivity contribution in [2.75, 3.05) is 14.2 Å². The van der Waals surface area contributed by atoms with Crippen LogP contribution in [0.2, 0.25) is 0 Å². The number of methoxy groups -OCH3 is 2. The summed E-state index contributed by atoms with van der Waals surface area (Å²) in [6.45, 7) is 0. The van der Waals surface area contributed by atoms with E-state index < -0.39 is 0 Å². The van der Waals surface area contributed by atoms with Gasteiger partial charge < -0.3 is 9.47 Å². The summed E-state index contributed by atoms with van der Waals surface area (Å²) in [5.74, 6) is 1.44. The highest BCUT2D eigenvalue weighted by Gasteiger charge is 2.30. The number of hydrogen-bond donors (Lipinski definition) is 1. The number of hydrazone groups is 1. The SMILES string of the molecule is COc1ccc(/C=N\NC(=O)[C@@H](c2ccccc2)C2CCCCC2)cc1OC. The van der Waals surface area contributed by atoms with Gasteiger partial charge in [-0.05, 0) is 48.1 Å². The van der Waals surface area contributed by atoms with Crippen LogP contribution < -0.4 is 14.9 Å². The van der Waals surface area contributed by atoms with Crippen LogP contribution in [0.15, 0.2) is 53.6 Å². The Morgan fingerprint density at radius 3 is 2.43 bits per heavy atom. The Morgan fingerprint density at radius 1 is 1.04 bits per heavy atom. The molecule has 0 radical (unpaired) electrons. The summed E-state index contributed by atoms with van der Waals surface area (Å²) in [5.41, 5.74) is 4.64. The second-order valence-electron chi connectivity index (χ2n) is 7.14. The first kappa shape index (κ1) is 19.9. The van der Waals surface area contributed by atoms with E-state index in [-0.39, 0.29) is 11.8 Å². The smallest absolute Gasteiger partial charge is 0.247 e. The van der Waals surface area contributed by atoms with Gasteiger partial charge in [0.15, 0.2) is 11.5 Å². The molecule has 1 N–H and O–H groups in total. The van der Waals surface area contributed by atoms with Crippen molar-refractivity contribution in [2.24, 2.45) is 11.0 Å². The highest BCUT2D eigenvalue weighted by atomic mass is 16.5. The number of amides is 1. The van der Waals surface area contributed by atoms with Gasteiger partial charge in [-0.1, -0.05) is 49.6 Å². The average Bonchev–Trinajstić information content (AvgIpc) is 2.75. The molecule has 1 saturated carbocycles. The van der Waals surface area contributed by atoms with Crippen LogP contribution in [0.1, 0.15) is 49.1 Å². The van der Waals surface area contributed by atoms with Crippen molar-refractivity contribution in [3.8, 4) is 11.5 Å². The number of carbonyl (C=O) groups is 1. The van der Waals surface area contributed by atoms with Crippen LogP contribution in [0.5, 0.6) is 11.5 Å². The number of rotatable bonds is 7. The molecule has 5 nitrogen and oxygen atoms in total. The van der Waals surface area contributed by atoms with E-state index in [2.05, 4.69) is 10.5 Å². The molecular formula is C23H28N2O3. The first-order valence-corrected chi connectivity index (χ1v) is 9.83. The van der Waals surface area contributed by atoms with Crippen molar-refractivity contribution in [3.63, 3.8) is 0 Å². The monoisotopic (exact) mass is 380 g/mol. The minimum Gasteiger partial charge on any atom is -0.493 e. The predicted molar refractivity (Wildman–Crippen MR) is 111 cm³/mol. The number of hydrogen-bond acceptors (Lipinski definition) is 4. The van der Waals surface area contributed by atoms with Gasteiger partial charge in [-0.2, -0.15) is 5.10 Å². The van der Waals surface area contributed by atoms with Crippen molar-refractivity contribution in [1.29, 1.82) is 0 Å². The molecule has 1 amide bonds. The third-order valence-corrected chi connectivity index (χ3v) is 5.36. The van der Waals surface area contributed by atoms with Crippen LogP contribution in [-0.2, 0) is 4.79 Å². The van der Waals surface area contributed by atoms with Crippen molar-refractivity contribution < 1.29 is 14.3 Å². The van der Waals surface area contributed by atoms with E-state index in [1.54, 1.807) is 20.4 Å². The minimum absolute atomic E-state index is 0.0465. The van der Waals surface area contributed by atoms with Gasteiger partial charge in [-0.3, -0.25) is 4.79 Å². The fourth-order valence-electron chi connectivity index (χ4n) is 3.94. The summed E-state index contributed by atoms with van der Waals surface area (Å²) in [6.07, 6.45) is 7.45. The third-order valence-electron chi connectivity index (χ3n) is 5.36. The second-order valence-corrected chi connectivity index (χ2v) is 7.14. The van der Waals surface area contributed by atoms with Crippen LogP contribution in [0.3, 0.4) is 0 Å². The number of ether oxygens (including phenoxy) is 2. The van der Waals surface area contributed by atoms with Crippen LogP contribution in [-0.4, -0.2) is 26.3 Å². The second kappa shape index (κ2) is 9.93. The maximum atomic E-state index is 13.0. The summed E-state index contributed by atoms with van der Waals surface area (Å²) in [7, 11) is 3.19. The molecule has 3 rings (SSSR count). The molecule has 0 heterocycles. The molecule has 5 heteroatoms. The number of benzene rings is 2. The number of carbonyl (C=O) groups excluding carboxylic acids is 1. The van der Waals surface area contributed by atoms with E-state index in [0.29, 0.717) is 17.4 Å². The van der Waals surface area contributed by atoms with E-state index >= 15 is 0 Å². The lowest BCUT2D eigenvalue weighted by Gasteiger charge is -2.29. The van der Waals surface area contributed by atoms with E-state index in [9.17, 15) is 4.79 Å². The van der Waals surface area contributed by atoms with Crippen molar-refractivity contribution >= 4 is 12.1 Å². The standard InChI is InChI=1S/C23H28N2O3/c1-27-20-14-13-17(15-21(20)28-2)16-24-25-23(26)22(18-9-5-3-6-10-18)19-11-7-4-8-12-19/h3,5-6,9-10,13-16,19,22H,4,7-8,11-12H2,1-2H3,(H,25,26)/b24-16-/t22-/m0/s1. The average molecular weight is 380 g/mol. The maximum absolute atomic E-state index is 13.0. The molecule has 1 aliphatic rings. The van der Waals surface area contributed by atoms with Gasteiger partial charge in [0.05, 0.1) is 26.4 Å². The molecule has 0 aromatic heterocycles. The highest BCUT2D eigenvalue weighted by Crippen LogP contribution is 2.36. The zero-order chi connectivity index (χ0) is 19.8. The fourth-order valence-corrected chi connectivity index (χ4v) is 3.94. The normalized spacial score (nSPS) is 15.9. The van der Waals surface area contributed by atoms with Crippen LogP contribution in [0, 0.1) is 5.92 Å². The van der Waals surface area contributed by atoms with Gasteiger partial charge in [0, 0.05) is 0 Å². The third kappa shape index (κ3) is 4.91. The van der Waals surface area contributed by atoms with Crippen molar-refractivity contribution in [2.45, 2.75) is 38.0 Å². The summed E-state index contributed by atoms with van der Waals surface area (Å²) < 4.78 is 10.5. The van der Waals surface area contributed by atoms with Crippen molar-refractivity contribution in [1.82, 2.24) is 5.43 Å². The van der Waals surface area contributed by atoms with E-state index in [1.165, 1.54) is 19.3 Å². The Bertz CT molecular complexity index is 799. The summed E-state index contributed by atoms with van der Waals surface area (Å²) in [4.78, 5) is 13.0. The summed E-state index contributed by atoms with van der Waals surface area (Å²) in [6, 6.07) is 15.5. The van der Waals surface area contributed by atoms with Crippen LogP contribution in [0.4, 0.5) is 0 Å². The molecule has 2 aromatic rings. The van der Waals surface area contributed by atoms with Crippen molar-refractivity contribution in [3.05, 3.63) is 59.7 Å². The van der Waals surface area contributed by atoms with E-state index in [1.807, 2.05) is 48.5 Å². The molecule has 0 spiro atoms. The molecule has 0 saturated heterocycles. The number of nitrogens with one attached hydrogen (secondary N) is 1. The molecule has 1 fully saturated rings. The van der Waals surface area contributed by atoms with E-state index in [0.717, 1.165) is 24.0 Å². The van der Waals surface area contributed by atoms with Gasteiger partial charge in [-0.25, -0.2) is 5.43 Å². The molecule has 1 atom stereocenters. The Balaban J connectivity index is 1.72. The van der Waals surface area contributed by atoms with Gasteiger partial charge in [0.1, 0.15) is 0 Å². The lowest BCUT2D eigenvalue weighted by atomic mass is 9.76. The maximum Gasteiger partial charge on any atom is 0.247 e. The first-order chi connectivity index (χ1) is 13.7. The Kier molecular flexibility index (Phi) is 7.06. The van der Waals surface area contributed by atoms with Crippen LogP contribution >= 0.6 is 0 Å². The molecule has 2 aromatic carbocycles.